The van der Waals surface area contributed by atoms with Gasteiger partial charge in [-0.1, -0.05) is 12.5 Å². The minimum atomic E-state index is -3.36. The molecule has 152 valence electrons. The van der Waals surface area contributed by atoms with Crippen molar-refractivity contribution in [2.45, 2.75) is 39.2 Å². The number of hydrogen-bond acceptors (Lipinski definition) is 3. The molecule has 1 unspecified atom stereocenters. The SMILES string of the molecule is CCNC(=NCCS(=O)(=O)NCC1CCC1)NC(C)c1ccc(F)c(F)c1. The van der Waals surface area contributed by atoms with Gasteiger partial charge in [0.05, 0.1) is 18.3 Å². The van der Waals surface area contributed by atoms with Crippen LogP contribution in [-0.2, 0) is 10.0 Å². The molecule has 0 amide bonds. The highest BCUT2D eigenvalue weighted by Gasteiger charge is 2.20. The van der Waals surface area contributed by atoms with Gasteiger partial charge in [0.15, 0.2) is 17.6 Å². The highest BCUT2D eigenvalue weighted by Crippen LogP contribution is 2.25. The van der Waals surface area contributed by atoms with Gasteiger partial charge in [-0.3, -0.25) is 4.99 Å². The van der Waals surface area contributed by atoms with Gasteiger partial charge in [-0.15, -0.1) is 0 Å². The van der Waals surface area contributed by atoms with Crippen LogP contribution in [-0.4, -0.2) is 39.8 Å². The van der Waals surface area contributed by atoms with Gasteiger partial charge in [-0.05, 0) is 50.3 Å². The average Bonchev–Trinajstić information content (AvgIpc) is 2.55. The lowest BCUT2D eigenvalue weighted by molar-refractivity contribution is 0.316. The molecule has 2 rings (SSSR count). The second-order valence-corrected chi connectivity index (χ2v) is 8.69. The minimum Gasteiger partial charge on any atom is -0.357 e. The van der Waals surface area contributed by atoms with Crippen LogP contribution in [0.3, 0.4) is 0 Å². The fourth-order valence-electron chi connectivity index (χ4n) is 2.68. The zero-order valence-corrected chi connectivity index (χ0v) is 16.6. The van der Waals surface area contributed by atoms with Crippen LogP contribution in [0, 0.1) is 17.6 Å². The van der Waals surface area contributed by atoms with E-state index < -0.39 is 21.7 Å². The number of benzene rings is 1. The number of aliphatic imine (C=N–C) groups is 1. The lowest BCUT2D eigenvalue weighted by Crippen LogP contribution is -2.39. The van der Waals surface area contributed by atoms with Gasteiger partial charge in [-0.25, -0.2) is 21.9 Å². The number of rotatable bonds is 9. The lowest BCUT2D eigenvalue weighted by Gasteiger charge is -2.25. The van der Waals surface area contributed by atoms with Crippen molar-refractivity contribution >= 4 is 16.0 Å². The monoisotopic (exact) mass is 402 g/mol. The summed E-state index contributed by atoms with van der Waals surface area (Å²) in [5.41, 5.74) is 0.564. The first kappa shape index (κ1) is 21.6. The predicted molar refractivity (Wildman–Crippen MR) is 103 cm³/mol. The Balaban J connectivity index is 1.89. The van der Waals surface area contributed by atoms with E-state index in [0.717, 1.165) is 25.0 Å². The average molecular weight is 403 g/mol. The molecule has 1 saturated carbocycles. The number of nitrogens with zero attached hydrogens (tertiary/aromatic N) is 1. The summed E-state index contributed by atoms with van der Waals surface area (Å²) in [4.78, 5) is 4.27. The maximum Gasteiger partial charge on any atom is 0.213 e. The Morgan fingerprint density at radius 1 is 1.30 bits per heavy atom. The van der Waals surface area contributed by atoms with Crippen molar-refractivity contribution < 1.29 is 17.2 Å². The Morgan fingerprint density at radius 2 is 2.04 bits per heavy atom. The molecule has 0 spiro atoms. The van der Waals surface area contributed by atoms with Crippen molar-refractivity contribution in [1.29, 1.82) is 0 Å². The Morgan fingerprint density at radius 3 is 2.63 bits per heavy atom. The highest BCUT2D eigenvalue weighted by atomic mass is 32.2. The van der Waals surface area contributed by atoms with Crippen LogP contribution in [0.25, 0.3) is 0 Å². The molecule has 1 fully saturated rings. The van der Waals surface area contributed by atoms with E-state index in [1.54, 1.807) is 6.92 Å². The quantitative estimate of drug-likeness (QED) is 0.437. The van der Waals surface area contributed by atoms with Crippen molar-refractivity contribution in [3.63, 3.8) is 0 Å². The number of halogens is 2. The topological polar surface area (TPSA) is 82.6 Å². The van der Waals surface area contributed by atoms with E-state index in [2.05, 4.69) is 20.3 Å². The molecular formula is C18H28F2N4O2S. The standard InChI is InChI=1S/C18H28F2N4O2S/c1-3-21-18(24-13(2)15-7-8-16(19)17(20)11-15)22-9-10-27(25,26)23-12-14-5-4-6-14/h7-8,11,13-14,23H,3-6,9-10,12H2,1-2H3,(H2,21,22,24). The fraction of sp³-hybridized carbons (Fsp3) is 0.611. The van der Waals surface area contributed by atoms with Crippen LogP contribution in [0.2, 0.25) is 0 Å². The van der Waals surface area contributed by atoms with Gasteiger partial charge in [0.2, 0.25) is 10.0 Å². The molecule has 3 N–H and O–H groups in total. The third-order valence-corrected chi connectivity index (χ3v) is 5.91. The van der Waals surface area contributed by atoms with Crippen LogP contribution >= 0.6 is 0 Å². The molecule has 0 bridgehead atoms. The summed E-state index contributed by atoms with van der Waals surface area (Å²) < 4.78 is 53.2. The first-order chi connectivity index (χ1) is 12.8. The largest absolute Gasteiger partial charge is 0.357 e. The molecule has 0 heterocycles. The molecule has 9 heteroatoms. The summed E-state index contributed by atoms with van der Waals surface area (Å²) in [7, 11) is -3.36. The van der Waals surface area contributed by atoms with Gasteiger partial charge in [0, 0.05) is 13.1 Å². The molecule has 27 heavy (non-hydrogen) atoms. The molecular weight excluding hydrogens is 374 g/mol. The molecule has 0 aliphatic heterocycles. The molecule has 0 saturated heterocycles. The number of hydrogen-bond donors (Lipinski definition) is 3. The Bertz CT molecular complexity index is 752. The van der Waals surface area contributed by atoms with Gasteiger partial charge in [0.25, 0.3) is 0 Å². The molecule has 1 atom stereocenters. The van der Waals surface area contributed by atoms with E-state index in [-0.39, 0.29) is 18.3 Å². The molecule has 1 aromatic carbocycles. The maximum absolute atomic E-state index is 13.4. The molecule has 0 radical (unpaired) electrons. The van der Waals surface area contributed by atoms with Gasteiger partial charge in [0.1, 0.15) is 0 Å². The molecule has 6 nitrogen and oxygen atoms in total. The summed E-state index contributed by atoms with van der Waals surface area (Å²) in [6, 6.07) is 3.37. The van der Waals surface area contributed by atoms with Crippen molar-refractivity contribution in [3.05, 3.63) is 35.4 Å². The zero-order valence-electron chi connectivity index (χ0n) is 15.8. The predicted octanol–water partition coefficient (Wildman–Crippen LogP) is 2.30. The summed E-state index contributed by atoms with van der Waals surface area (Å²) >= 11 is 0. The third-order valence-electron chi connectivity index (χ3n) is 4.59. The summed E-state index contributed by atoms with van der Waals surface area (Å²) in [5, 5.41) is 6.09. The van der Waals surface area contributed by atoms with Crippen molar-refractivity contribution in [2.24, 2.45) is 10.9 Å². The lowest BCUT2D eigenvalue weighted by atomic mass is 9.86. The van der Waals surface area contributed by atoms with E-state index in [1.165, 1.54) is 12.5 Å². The molecule has 1 aliphatic carbocycles. The van der Waals surface area contributed by atoms with Crippen molar-refractivity contribution in [3.8, 4) is 0 Å². The second-order valence-electron chi connectivity index (χ2n) is 6.76. The van der Waals surface area contributed by atoms with E-state index in [4.69, 9.17) is 0 Å². The molecule has 1 aliphatic rings. The molecule has 0 aromatic heterocycles. The van der Waals surface area contributed by atoms with Gasteiger partial charge in [-0.2, -0.15) is 0 Å². The zero-order chi connectivity index (χ0) is 19.9. The van der Waals surface area contributed by atoms with Crippen molar-refractivity contribution in [2.75, 3.05) is 25.4 Å². The normalized spacial score (nSPS) is 16.7. The smallest absolute Gasteiger partial charge is 0.213 e. The van der Waals surface area contributed by atoms with Crippen LogP contribution in [0.15, 0.2) is 23.2 Å². The van der Waals surface area contributed by atoms with Crippen LogP contribution in [0.1, 0.15) is 44.7 Å². The minimum absolute atomic E-state index is 0.0971. The Hall–Kier alpha value is -1.74. The van der Waals surface area contributed by atoms with E-state index >= 15 is 0 Å². The summed E-state index contributed by atoms with van der Waals surface area (Å²) in [6.45, 7) is 4.85. The maximum atomic E-state index is 13.4. The fourth-order valence-corrected chi connectivity index (χ4v) is 3.65. The van der Waals surface area contributed by atoms with E-state index in [0.29, 0.717) is 30.5 Å². The third kappa shape index (κ3) is 7.06. The summed E-state index contributed by atoms with van der Waals surface area (Å²) in [5.74, 6) is -1.03. The van der Waals surface area contributed by atoms with Gasteiger partial charge >= 0.3 is 0 Å². The first-order valence-electron chi connectivity index (χ1n) is 9.28. The first-order valence-corrected chi connectivity index (χ1v) is 10.9. The number of guanidine groups is 1. The van der Waals surface area contributed by atoms with Crippen LogP contribution < -0.4 is 15.4 Å². The van der Waals surface area contributed by atoms with Gasteiger partial charge < -0.3 is 10.6 Å². The Labute approximate surface area is 159 Å². The second kappa shape index (κ2) is 9.98. The Kier molecular flexibility index (Phi) is 7.97. The summed E-state index contributed by atoms with van der Waals surface area (Å²) in [6.07, 6.45) is 3.33. The highest BCUT2D eigenvalue weighted by molar-refractivity contribution is 7.89. The molecule has 1 aromatic rings. The van der Waals surface area contributed by atoms with Crippen LogP contribution in [0.5, 0.6) is 0 Å². The van der Waals surface area contributed by atoms with Crippen molar-refractivity contribution in [1.82, 2.24) is 15.4 Å². The van der Waals surface area contributed by atoms with E-state index in [9.17, 15) is 17.2 Å². The van der Waals surface area contributed by atoms with Crippen LogP contribution in [0.4, 0.5) is 8.78 Å². The van der Waals surface area contributed by atoms with E-state index in [1.807, 2.05) is 6.92 Å². The number of nitrogens with one attached hydrogen (secondary N) is 3. The number of sulfonamides is 1.